The number of amides is 2. The minimum Gasteiger partial charge on any atom is -0.474 e. The lowest BCUT2D eigenvalue weighted by atomic mass is 9.53. The third-order valence-electron chi connectivity index (χ3n) is 7.87. The van der Waals surface area contributed by atoms with E-state index in [1.165, 1.54) is 0 Å². The van der Waals surface area contributed by atoms with Crippen molar-refractivity contribution in [2.75, 3.05) is 0 Å². The summed E-state index contributed by atoms with van der Waals surface area (Å²) in [6, 6.07) is 9.18. The number of rotatable bonds is 8. The van der Waals surface area contributed by atoms with E-state index in [1.807, 2.05) is 31.4 Å². The molecule has 2 fully saturated rings. The number of carbonyl (C=O) groups excluding carboxylic acids is 2. The molecule has 2 amide bonds. The molecule has 208 valence electrons. The number of hydrogen-bond acceptors (Lipinski definition) is 7. The highest BCUT2D eigenvalue weighted by Gasteiger charge is 2.54. The van der Waals surface area contributed by atoms with Crippen molar-refractivity contribution in [3.05, 3.63) is 60.2 Å². The molecule has 0 unspecified atom stereocenters. The van der Waals surface area contributed by atoms with Gasteiger partial charge in [0.25, 0.3) is 11.8 Å². The molecule has 1 spiro atoms. The lowest BCUT2D eigenvalue weighted by Gasteiger charge is -2.57. The zero-order valence-corrected chi connectivity index (χ0v) is 22.8. The molecule has 11 nitrogen and oxygen atoms in total. The highest BCUT2D eigenvalue weighted by Crippen LogP contribution is 2.56. The maximum Gasteiger partial charge on any atom is 0.272 e. The number of nitrogens with zero attached hydrogens (tertiary/aromatic N) is 5. The summed E-state index contributed by atoms with van der Waals surface area (Å²) in [6.45, 7) is 3.68. The van der Waals surface area contributed by atoms with Crippen LogP contribution in [0.1, 0.15) is 60.4 Å². The lowest BCUT2D eigenvalue weighted by Crippen LogP contribution is -2.58. The van der Waals surface area contributed by atoms with Gasteiger partial charge in [-0.25, -0.2) is 4.98 Å². The van der Waals surface area contributed by atoms with Crippen LogP contribution >= 0.6 is 0 Å². The van der Waals surface area contributed by atoms with Crippen molar-refractivity contribution in [3.8, 4) is 17.0 Å². The van der Waals surface area contributed by atoms with Gasteiger partial charge in [0.2, 0.25) is 5.88 Å². The smallest absolute Gasteiger partial charge is 0.272 e. The zero-order valence-electron chi connectivity index (χ0n) is 22.8. The zero-order chi connectivity index (χ0) is 28.2. The van der Waals surface area contributed by atoms with Crippen molar-refractivity contribution in [2.24, 2.45) is 18.2 Å². The van der Waals surface area contributed by atoms with Crippen LogP contribution in [0.15, 0.2) is 48.9 Å². The number of ether oxygens (including phenoxy) is 1. The molecular weight excluding hydrogens is 510 g/mol. The van der Waals surface area contributed by atoms with Crippen LogP contribution in [-0.2, 0) is 13.6 Å². The fourth-order valence-electron chi connectivity index (χ4n) is 6.07. The Balaban J connectivity index is 1.13. The Kier molecular flexibility index (Phi) is 6.14. The van der Waals surface area contributed by atoms with Crippen LogP contribution in [-0.4, -0.2) is 59.2 Å². The van der Waals surface area contributed by atoms with Gasteiger partial charge in [-0.05, 0) is 74.8 Å². The normalized spacial score (nSPS) is 22.1. The van der Waals surface area contributed by atoms with E-state index in [2.05, 4.69) is 20.5 Å². The summed E-state index contributed by atoms with van der Waals surface area (Å²) in [4.78, 5) is 29.2. The van der Waals surface area contributed by atoms with Crippen LogP contribution in [0.25, 0.3) is 22.0 Å². The van der Waals surface area contributed by atoms with Gasteiger partial charge in [0.1, 0.15) is 11.7 Å². The van der Waals surface area contributed by atoms with Crippen molar-refractivity contribution in [2.45, 2.75) is 63.8 Å². The van der Waals surface area contributed by atoms with Crippen LogP contribution in [0.5, 0.6) is 5.88 Å². The molecule has 3 aromatic heterocycles. The van der Waals surface area contributed by atoms with Crippen LogP contribution in [0.3, 0.4) is 0 Å². The molecule has 2 aliphatic carbocycles. The molecule has 6 rings (SSSR count). The van der Waals surface area contributed by atoms with E-state index in [-0.39, 0.29) is 41.5 Å². The molecule has 40 heavy (non-hydrogen) atoms. The fraction of sp³-hybridized carbons (Fsp3) is 0.414. The Morgan fingerprint density at radius 2 is 1.98 bits per heavy atom. The van der Waals surface area contributed by atoms with Crippen LogP contribution in [0.4, 0.5) is 0 Å². The number of pyridine rings is 1. The predicted octanol–water partition coefficient (Wildman–Crippen LogP) is 2.82. The second kappa shape index (κ2) is 9.44. The first-order valence-corrected chi connectivity index (χ1v) is 13.4. The van der Waals surface area contributed by atoms with E-state index in [9.17, 15) is 14.7 Å². The van der Waals surface area contributed by atoms with Gasteiger partial charge in [-0.1, -0.05) is 6.07 Å². The first kappa shape index (κ1) is 26.0. The fourth-order valence-corrected chi connectivity index (χ4v) is 6.07. The molecule has 0 saturated heterocycles. The number of nitrogens with one attached hydrogen (secondary N) is 1. The first-order chi connectivity index (χ1) is 19.0. The molecule has 0 aliphatic heterocycles. The van der Waals surface area contributed by atoms with Crippen molar-refractivity contribution in [1.29, 1.82) is 0 Å². The molecular formula is C29H33N7O4. The second-order valence-corrected chi connectivity index (χ2v) is 11.9. The number of aromatic nitrogens is 5. The van der Waals surface area contributed by atoms with E-state index in [4.69, 9.17) is 10.5 Å². The summed E-state index contributed by atoms with van der Waals surface area (Å²) < 4.78 is 9.40. The number of hydrogen-bond donors (Lipinski definition) is 3. The topological polar surface area (TPSA) is 150 Å². The van der Waals surface area contributed by atoms with Gasteiger partial charge in [-0.2, -0.15) is 10.2 Å². The quantitative estimate of drug-likeness (QED) is 0.309. The number of aryl methyl sites for hydroxylation is 1. The van der Waals surface area contributed by atoms with Gasteiger partial charge >= 0.3 is 0 Å². The van der Waals surface area contributed by atoms with Gasteiger partial charge in [0.15, 0.2) is 5.69 Å². The molecule has 1 aromatic carbocycles. The summed E-state index contributed by atoms with van der Waals surface area (Å²) in [6.07, 6.45) is 8.68. The monoisotopic (exact) mass is 543 g/mol. The number of carbonyl (C=O) groups is 2. The van der Waals surface area contributed by atoms with Crippen molar-refractivity contribution in [1.82, 2.24) is 29.9 Å². The van der Waals surface area contributed by atoms with Crippen molar-refractivity contribution in [3.63, 3.8) is 0 Å². The molecule has 0 atom stereocenters. The Morgan fingerprint density at radius 3 is 2.65 bits per heavy atom. The van der Waals surface area contributed by atoms with E-state index in [0.29, 0.717) is 5.69 Å². The lowest BCUT2D eigenvalue weighted by molar-refractivity contribution is -0.0848. The number of fused-ring (bicyclic) bond motifs is 1. The SMILES string of the molecule is Cn1cc(-c2ccc3c(C(=O)NC4CC5(C4)CC(Oc4ncccc4C(N)=O)C5)nn(CC(C)(C)O)c3c2)cn1. The maximum absolute atomic E-state index is 13.4. The van der Waals surface area contributed by atoms with E-state index < -0.39 is 11.5 Å². The number of benzene rings is 1. The van der Waals surface area contributed by atoms with E-state index in [0.717, 1.165) is 47.7 Å². The molecule has 11 heteroatoms. The van der Waals surface area contributed by atoms with Gasteiger partial charge in [0.05, 0.1) is 23.9 Å². The summed E-state index contributed by atoms with van der Waals surface area (Å²) in [5.74, 6) is -0.506. The molecule has 0 bridgehead atoms. The Hall–Kier alpha value is -4.25. The largest absolute Gasteiger partial charge is 0.474 e. The van der Waals surface area contributed by atoms with E-state index >= 15 is 0 Å². The van der Waals surface area contributed by atoms with Crippen LogP contribution in [0, 0.1) is 5.41 Å². The number of nitrogens with two attached hydrogens (primary N) is 1. The van der Waals surface area contributed by atoms with Crippen molar-refractivity contribution < 1.29 is 19.4 Å². The molecule has 4 aromatic rings. The third-order valence-corrected chi connectivity index (χ3v) is 7.87. The standard InChI is InChI=1S/C29H33N7O4/c1-28(2,39)16-36-23-9-17(18-14-32-35(3)15-18)6-7-21(23)24(34-36)26(38)33-19-10-29(11-19)12-20(13-29)40-27-22(25(30)37)5-4-8-31-27/h4-9,14-15,19-20,39H,10-13,16H2,1-3H3,(H2,30,37)(H,33,38). The summed E-state index contributed by atoms with van der Waals surface area (Å²) in [5.41, 5.74) is 7.89. The minimum absolute atomic E-state index is 0.0276. The highest BCUT2D eigenvalue weighted by atomic mass is 16.5. The number of aliphatic hydroxyl groups is 1. The molecule has 3 heterocycles. The predicted molar refractivity (Wildman–Crippen MR) is 148 cm³/mol. The summed E-state index contributed by atoms with van der Waals surface area (Å²) >= 11 is 0. The third kappa shape index (κ3) is 4.92. The van der Waals surface area contributed by atoms with Crippen LogP contribution < -0.4 is 15.8 Å². The van der Waals surface area contributed by atoms with Crippen molar-refractivity contribution >= 4 is 22.7 Å². The molecule has 2 saturated carbocycles. The van der Waals surface area contributed by atoms with Gasteiger partial charge in [-0.3, -0.25) is 19.0 Å². The van der Waals surface area contributed by atoms with Crippen LogP contribution in [0.2, 0.25) is 0 Å². The highest BCUT2D eigenvalue weighted by molar-refractivity contribution is 6.05. The average molecular weight is 544 g/mol. The first-order valence-electron chi connectivity index (χ1n) is 13.4. The number of primary amides is 1. The Bertz CT molecular complexity index is 1600. The minimum atomic E-state index is -1.01. The average Bonchev–Trinajstić information content (AvgIpc) is 3.44. The van der Waals surface area contributed by atoms with Gasteiger partial charge in [0, 0.05) is 36.4 Å². The van der Waals surface area contributed by atoms with Gasteiger partial charge < -0.3 is 20.9 Å². The molecule has 0 radical (unpaired) electrons. The maximum atomic E-state index is 13.4. The molecule has 2 aliphatic rings. The van der Waals surface area contributed by atoms with E-state index in [1.54, 1.807) is 47.7 Å². The van der Waals surface area contributed by atoms with Gasteiger partial charge in [-0.15, -0.1) is 0 Å². The summed E-state index contributed by atoms with van der Waals surface area (Å²) in [5, 5.41) is 23.3. The second-order valence-electron chi connectivity index (χ2n) is 11.9. The Morgan fingerprint density at radius 1 is 1.20 bits per heavy atom. The molecule has 4 N–H and O–H groups in total. The summed E-state index contributed by atoms with van der Waals surface area (Å²) in [7, 11) is 1.87. The Labute approximate surface area is 231 Å².